The van der Waals surface area contributed by atoms with E-state index in [1.807, 2.05) is 29.3 Å². The molecule has 3 heterocycles. The maximum Gasteiger partial charge on any atom is 0.255 e. The van der Waals surface area contributed by atoms with Crippen LogP contribution in [-0.2, 0) is 11.2 Å². The predicted octanol–water partition coefficient (Wildman–Crippen LogP) is 3.70. The van der Waals surface area contributed by atoms with Gasteiger partial charge >= 0.3 is 0 Å². The van der Waals surface area contributed by atoms with Gasteiger partial charge in [0.05, 0.1) is 11.0 Å². The van der Waals surface area contributed by atoms with E-state index >= 15 is 0 Å². The zero-order valence-electron chi connectivity index (χ0n) is 18.6. The van der Waals surface area contributed by atoms with Crippen molar-refractivity contribution in [2.75, 3.05) is 27.2 Å². The zero-order valence-corrected chi connectivity index (χ0v) is 18.6. The summed E-state index contributed by atoms with van der Waals surface area (Å²) in [4.78, 5) is 38.3. The zero-order chi connectivity index (χ0) is 22.6. The van der Waals surface area contributed by atoms with Crippen LogP contribution in [-0.4, -0.2) is 58.8 Å². The summed E-state index contributed by atoms with van der Waals surface area (Å²) in [6, 6.07) is 15.8. The average molecular weight is 429 g/mol. The summed E-state index contributed by atoms with van der Waals surface area (Å²) in [6.07, 6.45) is 8.95. The van der Waals surface area contributed by atoms with Crippen LogP contribution in [0.4, 0.5) is 0 Å². The molecule has 32 heavy (non-hydrogen) atoms. The Hall–Kier alpha value is -3.54. The van der Waals surface area contributed by atoms with Crippen LogP contribution in [0.1, 0.15) is 28.8 Å². The largest absolute Gasteiger partial charge is 0.348 e. The molecule has 0 aliphatic carbocycles. The van der Waals surface area contributed by atoms with Crippen LogP contribution < -0.4 is 0 Å². The second-order valence-corrected chi connectivity index (χ2v) is 8.67. The van der Waals surface area contributed by atoms with Crippen molar-refractivity contribution in [3.05, 3.63) is 84.4 Å². The molecule has 0 radical (unpaired) electrons. The number of benzene rings is 1. The van der Waals surface area contributed by atoms with E-state index in [1.165, 1.54) is 0 Å². The molecule has 6 heteroatoms. The third-order valence-corrected chi connectivity index (χ3v) is 6.10. The van der Waals surface area contributed by atoms with E-state index in [9.17, 15) is 9.59 Å². The van der Waals surface area contributed by atoms with E-state index < -0.39 is 5.41 Å². The smallest absolute Gasteiger partial charge is 0.255 e. The SMILES string of the molecule is CN(C)C(=O)C1(Cc2cccc(-c3cccnc3)c2)CCCN(C(=O)c2cccnc2)C1. The highest BCUT2D eigenvalue weighted by Gasteiger charge is 2.44. The van der Waals surface area contributed by atoms with Crippen molar-refractivity contribution in [2.45, 2.75) is 19.3 Å². The highest BCUT2D eigenvalue weighted by atomic mass is 16.2. The maximum absolute atomic E-state index is 13.4. The molecule has 1 aliphatic rings. The number of aromatic nitrogens is 2. The molecule has 2 aromatic heterocycles. The van der Waals surface area contributed by atoms with E-state index in [-0.39, 0.29) is 11.8 Å². The van der Waals surface area contributed by atoms with E-state index in [0.717, 1.165) is 29.5 Å². The number of nitrogens with zero attached hydrogens (tertiary/aromatic N) is 4. The number of piperidine rings is 1. The molecule has 3 aromatic rings. The molecule has 1 aliphatic heterocycles. The number of hydrogen-bond donors (Lipinski definition) is 0. The summed E-state index contributed by atoms with van der Waals surface area (Å²) < 4.78 is 0. The van der Waals surface area contributed by atoms with Gasteiger partial charge in [0.15, 0.2) is 0 Å². The van der Waals surface area contributed by atoms with Crippen LogP contribution in [0.3, 0.4) is 0 Å². The van der Waals surface area contributed by atoms with Gasteiger partial charge in [0.2, 0.25) is 5.91 Å². The summed E-state index contributed by atoms with van der Waals surface area (Å²) in [5.41, 5.74) is 3.09. The molecule has 0 N–H and O–H groups in total. The third kappa shape index (κ3) is 4.54. The predicted molar refractivity (Wildman–Crippen MR) is 124 cm³/mol. The molecule has 4 rings (SSSR count). The third-order valence-electron chi connectivity index (χ3n) is 6.10. The maximum atomic E-state index is 13.4. The van der Waals surface area contributed by atoms with Gasteiger partial charge in [0, 0.05) is 52.0 Å². The first-order valence-electron chi connectivity index (χ1n) is 10.9. The van der Waals surface area contributed by atoms with Crippen molar-refractivity contribution in [2.24, 2.45) is 5.41 Å². The van der Waals surface area contributed by atoms with Crippen LogP contribution in [0.15, 0.2) is 73.3 Å². The Labute approximate surface area is 188 Å². The first-order valence-corrected chi connectivity index (χ1v) is 10.9. The Morgan fingerprint density at radius 1 is 1.00 bits per heavy atom. The van der Waals surface area contributed by atoms with Crippen molar-refractivity contribution < 1.29 is 9.59 Å². The van der Waals surface area contributed by atoms with Crippen molar-refractivity contribution in [1.29, 1.82) is 0 Å². The molecular weight excluding hydrogens is 400 g/mol. The highest BCUT2D eigenvalue weighted by Crippen LogP contribution is 2.37. The minimum Gasteiger partial charge on any atom is -0.348 e. The first kappa shape index (κ1) is 21.7. The van der Waals surface area contributed by atoms with E-state index in [4.69, 9.17) is 0 Å². The van der Waals surface area contributed by atoms with Gasteiger partial charge in [-0.05, 0) is 54.2 Å². The van der Waals surface area contributed by atoms with Crippen molar-refractivity contribution in [1.82, 2.24) is 19.8 Å². The lowest BCUT2D eigenvalue weighted by Crippen LogP contribution is -2.54. The molecule has 2 amide bonds. The second kappa shape index (κ2) is 9.30. The molecule has 1 atom stereocenters. The average Bonchev–Trinajstić information content (AvgIpc) is 2.84. The molecule has 0 bridgehead atoms. The number of carbonyl (C=O) groups is 2. The number of likely N-dealkylation sites (tertiary alicyclic amines) is 1. The van der Waals surface area contributed by atoms with Gasteiger partial charge in [-0.3, -0.25) is 19.6 Å². The summed E-state index contributed by atoms with van der Waals surface area (Å²) in [6.45, 7) is 1.04. The van der Waals surface area contributed by atoms with Gasteiger partial charge in [-0.25, -0.2) is 0 Å². The van der Waals surface area contributed by atoms with E-state index in [2.05, 4.69) is 28.2 Å². The van der Waals surface area contributed by atoms with Crippen LogP contribution in [0.2, 0.25) is 0 Å². The van der Waals surface area contributed by atoms with Gasteiger partial charge in [-0.1, -0.05) is 30.3 Å². The van der Waals surface area contributed by atoms with Gasteiger partial charge in [0.25, 0.3) is 5.91 Å². The monoisotopic (exact) mass is 428 g/mol. The summed E-state index contributed by atoms with van der Waals surface area (Å²) in [5.74, 6) is -0.00851. The normalized spacial score (nSPS) is 18.2. The Morgan fingerprint density at radius 2 is 1.75 bits per heavy atom. The molecule has 0 saturated carbocycles. The van der Waals surface area contributed by atoms with Crippen LogP contribution in [0, 0.1) is 5.41 Å². The van der Waals surface area contributed by atoms with Crippen LogP contribution in [0.25, 0.3) is 11.1 Å². The fourth-order valence-corrected chi connectivity index (χ4v) is 4.63. The number of amides is 2. The van der Waals surface area contributed by atoms with Gasteiger partial charge in [-0.15, -0.1) is 0 Å². The number of hydrogen-bond acceptors (Lipinski definition) is 4. The molecule has 0 spiro atoms. The molecule has 6 nitrogen and oxygen atoms in total. The van der Waals surface area contributed by atoms with Crippen molar-refractivity contribution in [3.63, 3.8) is 0 Å². The summed E-state index contributed by atoms with van der Waals surface area (Å²) >= 11 is 0. The van der Waals surface area contributed by atoms with Crippen molar-refractivity contribution >= 4 is 11.8 Å². The molecule has 1 saturated heterocycles. The van der Waals surface area contributed by atoms with E-state index in [0.29, 0.717) is 25.1 Å². The lowest BCUT2D eigenvalue weighted by molar-refractivity contribution is -0.142. The molecular formula is C26H28N4O2. The Kier molecular flexibility index (Phi) is 6.30. The van der Waals surface area contributed by atoms with Crippen LogP contribution >= 0.6 is 0 Å². The number of rotatable bonds is 5. The molecule has 164 valence electrons. The molecule has 1 fully saturated rings. The standard InChI is InChI=1S/C26H28N4O2/c1-29(2)25(32)26(11-6-14-30(19-26)24(31)23-10-5-13-28-18-23)16-20-7-3-8-21(15-20)22-9-4-12-27-17-22/h3-5,7-10,12-13,15,17-18H,6,11,14,16,19H2,1-2H3. The Bertz CT molecular complexity index is 1090. The first-order chi connectivity index (χ1) is 15.5. The quantitative estimate of drug-likeness (QED) is 0.622. The van der Waals surface area contributed by atoms with Crippen molar-refractivity contribution in [3.8, 4) is 11.1 Å². The highest BCUT2D eigenvalue weighted by molar-refractivity contribution is 5.94. The van der Waals surface area contributed by atoms with E-state index in [1.54, 1.807) is 49.7 Å². The Balaban J connectivity index is 1.64. The summed E-state index contributed by atoms with van der Waals surface area (Å²) in [5, 5.41) is 0. The minimum absolute atomic E-state index is 0.0629. The fourth-order valence-electron chi connectivity index (χ4n) is 4.63. The summed E-state index contributed by atoms with van der Waals surface area (Å²) in [7, 11) is 3.58. The minimum atomic E-state index is -0.660. The fraction of sp³-hybridized carbons (Fsp3) is 0.308. The molecule has 1 aromatic carbocycles. The van der Waals surface area contributed by atoms with Gasteiger partial charge in [-0.2, -0.15) is 0 Å². The number of pyridine rings is 2. The lowest BCUT2D eigenvalue weighted by atomic mass is 9.73. The lowest BCUT2D eigenvalue weighted by Gasteiger charge is -2.43. The number of carbonyl (C=O) groups excluding carboxylic acids is 2. The van der Waals surface area contributed by atoms with Gasteiger partial charge in [0.1, 0.15) is 0 Å². The second-order valence-electron chi connectivity index (χ2n) is 8.67. The molecule has 1 unspecified atom stereocenters. The Morgan fingerprint density at radius 3 is 2.44 bits per heavy atom. The topological polar surface area (TPSA) is 66.4 Å². The van der Waals surface area contributed by atoms with Gasteiger partial charge < -0.3 is 9.80 Å². The van der Waals surface area contributed by atoms with Crippen LogP contribution in [0.5, 0.6) is 0 Å².